The molecule has 0 unspecified atom stereocenters. The van der Waals surface area contributed by atoms with E-state index < -0.39 is 11.9 Å². The predicted molar refractivity (Wildman–Crippen MR) is 142 cm³/mol. The lowest BCUT2D eigenvalue weighted by atomic mass is 10.0. The zero-order chi connectivity index (χ0) is 26.8. The number of rotatable bonds is 8. The maximum absolute atomic E-state index is 11.6. The minimum absolute atomic E-state index is 0.144. The number of carboxylic acid groups (broad SMARTS) is 2. The van der Waals surface area contributed by atoms with Crippen molar-refractivity contribution in [3.63, 3.8) is 0 Å². The molecule has 0 spiro atoms. The summed E-state index contributed by atoms with van der Waals surface area (Å²) in [6, 6.07) is 20.0. The van der Waals surface area contributed by atoms with E-state index in [0.29, 0.717) is 28.7 Å². The van der Waals surface area contributed by atoms with Crippen molar-refractivity contribution in [2.24, 2.45) is 0 Å². The lowest BCUT2D eigenvalue weighted by molar-refractivity contribution is 0.0696. The highest BCUT2D eigenvalue weighted by molar-refractivity contribution is 7.80. The van der Waals surface area contributed by atoms with Crippen LogP contribution in [0.3, 0.4) is 0 Å². The van der Waals surface area contributed by atoms with E-state index in [1.807, 2.05) is 47.4 Å². The van der Waals surface area contributed by atoms with E-state index in [4.69, 9.17) is 21.4 Å². The Morgan fingerprint density at radius 2 is 1.74 bits per heavy atom. The molecule has 5 rings (SSSR count). The smallest absolute Gasteiger partial charge is 0.335 e. The van der Waals surface area contributed by atoms with Crippen LogP contribution in [0.25, 0.3) is 11.3 Å². The molecule has 1 saturated heterocycles. The average Bonchev–Trinajstić information content (AvgIpc) is 3.54. The Morgan fingerprint density at radius 1 is 1.03 bits per heavy atom. The summed E-state index contributed by atoms with van der Waals surface area (Å²) in [4.78, 5) is 29.7. The Labute approximate surface area is 223 Å². The van der Waals surface area contributed by atoms with Gasteiger partial charge in [-0.1, -0.05) is 18.2 Å². The number of benzene rings is 2. The second-order valence-electron chi connectivity index (χ2n) is 8.71. The zero-order valence-electron chi connectivity index (χ0n) is 20.2. The van der Waals surface area contributed by atoms with Gasteiger partial charge in [-0.3, -0.25) is 4.98 Å². The van der Waals surface area contributed by atoms with E-state index >= 15 is 0 Å². The number of nitrogens with one attached hydrogen (secondary N) is 1. The maximum Gasteiger partial charge on any atom is 0.335 e. The lowest BCUT2D eigenvalue weighted by Crippen LogP contribution is -2.29. The van der Waals surface area contributed by atoms with Crippen LogP contribution in [-0.2, 0) is 6.54 Å². The minimum atomic E-state index is -1.23. The number of aromatic nitrogens is 1. The fraction of sp³-hybridized carbons (Fsp3) is 0.143. The van der Waals surface area contributed by atoms with Crippen molar-refractivity contribution in [3.05, 3.63) is 107 Å². The highest BCUT2D eigenvalue weighted by Crippen LogP contribution is 2.41. The number of methoxy groups -OCH3 is 1. The van der Waals surface area contributed by atoms with Gasteiger partial charge >= 0.3 is 11.9 Å². The summed E-state index contributed by atoms with van der Waals surface area (Å²) in [6.07, 6.45) is 1.71. The Kier molecular flexibility index (Phi) is 6.80. The first-order chi connectivity index (χ1) is 18.3. The van der Waals surface area contributed by atoms with E-state index in [-0.39, 0.29) is 23.2 Å². The fourth-order valence-electron chi connectivity index (χ4n) is 4.50. The summed E-state index contributed by atoms with van der Waals surface area (Å²) >= 11 is 5.72. The number of pyridine rings is 1. The van der Waals surface area contributed by atoms with Crippen molar-refractivity contribution in [3.8, 4) is 17.1 Å². The van der Waals surface area contributed by atoms with Crippen molar-refractivity contribution in [2.75, 3.05) is 7.11 Å². The van der Waals surface area contributed by atoms with Gasteiger partial charge in [-0.15, -0.1) is 0 Å². The van der Waals surface area contributed by atoms with Gasteiger partial charge in [0.15, 0.2) is 5.11 Å². The van der Waals surface area contributed by atoms with Crippen LogP contribution in [0.4, 0.5) is 0 Å². The van der Waals surface area contributed by atoms with E-state index in [0.717, 1.165) is 23.1 Å². The van der Waals surface area contributed by atoms with Gasteiger partial charge in [-0.25, -0.2) is 9.59 Å². The first-order valence-electron chi connectivity index (χ1n) is 11.7. The lowest BCUT2D eigenvalue weighted by Gasteiger charge is -2.26. The highest BCUT2D eigenvalue weighted by atomic mass is 32.1. The molecule has 0 radical (unpaired) electrons. The van der Waals surface area contributed by atoms with Gasteiger partial charge in [0.1, 0.15) is 23.3 Å². The van der Waals surface area contributed by atoms with Gasteiger partial charge in [0.05, 0.1) is 30.0 Å². The predicted octanol–water partition coefficient (Wildman–Crippen LogP) is 4.92. The molecule has 0 saturated carbocycles. The van der Waals surface area contributed by atoms with Crippen molar-refractivity contribution < 1.29 is 29.0 Å². The molecule has 192 valence electrons. The maximum atomic E-state index is 11.6. The fourth-order valence-corrected chi connectivity index (χ4v) is 4.80. The first kappa shape index (κ1) is 25.0. The van der Waals surface area contributed by atoms with Crippen molar-refractivity contribution in [1.29, 1.82) is 0 Å². The molecule has 3 N–H and O–H groups in total. The molecule has 9 nitrogen and oxygen atoms in total. The highest BCUT2D eigenvalue weighted by Gasteiger charge is 2.41. The summed E-state index contributed by atoms with van der Waals surface area (Å²) in [5.41, 5.74) is 1.84. The molecular formula is C28H23N3O6S. The molecule has 2 atom stereocenters. The van der Waals surface area contributed by atoms with Gasteiger partial charge in [0, 0.05) is 18.3 Å². The second-order valence-corrected chi connectivity index (χ2v) is 9.10. The van der Waals surface area contributed by atoms with Crippen LogP contribution >= 0.6 is 12.2 Å². The Hall–Kier alpha value is -4.70. The molecule has 4 aromatic rings. The summed E-state index contributed by atoms with van der Waals surface area (Å²) in [6.45, 7) is 0.484. The standard InChI is InChI=1S/C28H23N3O6S/c1-36-20-7-5-16(6-8-20)15-31-25(24(30-28(31)38)21-4-2-3-11-29-21)23-10-9-22(37-23)17-12-18(26(32)33)14-19(13-17)27(34)35/h2-14,24-25H,15H2,1H3,(H,30,38)(H,32,33)(H,34,35)/t24-,25+/m1/s1. The van der Waals surface area contributed by atoms with Crippen molar-refractivity contribution >= 4 is 29.3 Å². The number of aromatic carboxylic acids is 2. The van der Waals surface area contributed by atoms with Gasteiger partial charge in [0.25, 0.3) is 0 Å². The van der Waals surface area contributed by atoms with Crippen LogP contribution in [0.15, 0.2) is 83.4 Å². The average molecular weight is 530 g/mol. The number of hydrogen-bond donors (Lipinski definition) is 3. The number of ether oxygens (including phenoxy) is 1. The normalized spacial score (nSPS) is 16.8. The third-order valence-corrected chi connectivity index (χ3v) is 6.69. The summed E-state index contributed by atoms with van der Waals surface area (Å²) < 4.78 is 11.5. The SMILES string of the molecule is COc1ccc(CN2C(=S)N[C@H](c3ccccn3)[C@@H]2c2ccc(-c3cc(C(=O)O)cc(C(=O)O)c3)o2)cc1. The molecule has 0 amide bonds. The van der Waals surface area contributed by atoms with Gasteiger partial charge in [-0.05, 0) is 72.4 Å². The molecular weight excluding hydrogens is 506 g/mol. The monoisotopic (exact) mass is 529 g/mol. The largest absolute Gasteiger partial charge is 0.497 e. The molecule has 10 heteroatoms. The van der Waals surface area contributed by atoms with Crippen LogP contribution in [0.5, 0.6) is 5.75 Å². The van der Waals surface area contributed by atoms with E-state index in [1.54, 1.807) is 25.4 Å². The third kappa shape index (κ3) is 4.94. The van der Waals surface area contributed by atoms with Crippen LogP contribution in [0, 0.1) is 0 Å². The summed E-state index contributed by atoms with van der Waals surface area (Å²) in [7, 11) is 1.61. The van der Waals surface area contributed by atoms with Gasteiger partial charge < -0.3 is 29.6 Å². The zero-order valence-corrected chi connectivity index (χ0v) is 21.0. The number of furan rings is 1. The van der Waals surface area contributed by atoms with Crippen LogP contribution in [0.1, 0.15) is 49.8 Å². The second kappa shape index (κ2) is 10.3. The van der Waals surface area contributed by atoms with Crippen LogP contribution in [-0.4, -0.2) is 44.3 Å². The minimum Gasteiger partial charge on any atom is -0.497 e. The molecule has 2 aromatic carbocycles. The number of carbonyl (C=O) groups is 2. The Balaban J connectivity index is 1.55. The van der Waals surface area contributed by atoms with Gasteiger partial charge in [0.2, 0.25) is 0 Å². The van der Waals surface area contributed by atoms with E-state index in [9.17, 15) is 19.8 Å². The number of nitrogens with zero attached hydrogens (tertiary/aromatic N) is 2. The molecule has 2 aromatic heterocycles. The summed E-state index contributed by atoms with van der Waals surface area (Å²) in [5.74, 6) is -0.805. The Morgan fingerprint density at radius 3 is 2.34 bits per heavy atom. The summed E-state index contributed by atoms with van der Waals surface area (Å²) in [5, 5.41) is 22.8. The molecule has 38 heavy (non-hydrogen) atoms. The Bertz CT molecular complexity index is 1470. The van der Waals surface area contributed by atoms with E-state index in [1.165, 1.54) is 12.1 Å². The molecule has 1 fully saturated rings. The van der Waals surface area contributed by atoms with Crippen molar-refractivity contribution in [2.45, 2.75) is 18.6 Å². The molecule has 0 bridgehead atoms. The number of carboxylic acids is 2. The van der Waals surface area contributed by atoms with Gasteiger partial charge in [-0.2, -0.15) is 0 Å². The third-order valence-electron chi connectivity index (χ3n) is 6.34. The quantitative estimate of drug-likeness (QED) is 0.271. The van der Waals surface area contributed by atoms with Crippen LogP contribution in [0.2, 0.25) is 0 Å². The first-order valence-corrected chi connectivity index (χ1v) is 12.1. The topological polar surface area (TPSA) is 125 Å². The molecule has 1 aliphatic rings. The van der Waals surface area contributed by atoms with Crippen LogP contribution < -0.4 is 10.1 Å². The molecule has 3 heterocycles. The number of thiocarbonyl (C=S) groups is 1. The van der Waals surface area contributed by atoms with E-state index in [2.05, 4.69) is 10.3 Å². The van der Waals surface area contributed by atoms with Crippen molar-refractivity contribution in [1.82, 2.24) is 15.2 Å². The molecule has 0 aliphatic carbocycles. The number of hydrogen-bond acceptors (Lipinski definition) is 6. The molecule has 1 aliphatic heterocycles.